The van der Waals surface area contributed by atoms with Crippen LogP contribution in [0.2, 0.25) is 0 Å². The van der Waals surface area contributed by atoms with Crippen molar-refractivity contribution in [1.82, 2.24) is 0 Å². The van der Waals surface area contributed by atoms with Gasteiger partial charge in [-0.15, -0.1) is 0 Å². The third kappa shape index (κ3) is 4.62. The predicted molar refractivity (Wildman–Crippen MR) is 101 cm³/mol. The minimum atomic E-state index is -0.271. The van der Waals surface area contributed by atoms with E-state index in [4.69, 9.17) is 9.47 Å². The summed E-state index contributed by atoms with van der Waals surface area (Å²) in [7, 11) is 2.13. The first-order valence-electron chi connectivity index (χ1n) is 9.35. The Hall–Kier alpha value is -1.92. The van der Waals surface area contributed by atoms with Gasteiger partial charge in [-0.05, 0) is 43.5 Å². The van der Waals surface area contributed by atoms with Crippen molar-refractivity contribution in [3.63, 3.8) is 0 Å². The van der Waals surface area contributed by atoms with Crippen molar-refractivity contribution >= 4 is 17.6 Å². The Morgan fingerprint density at radius 3 is 2.50 bits per heavy atom. The highest BCUT2D eigenvalue weighted by molar-refractivity contribution is 5.95. The summed E-state index contributed by atoms with van der Waals surface area (Å²) in [5.74, 6) is 0.218. The van der Waals surface area contributed by atoms with E-state index < -0.39 is 0 Å². The second kappa shape index (κ2) is 8.64. The summed E-state index contributed by atoms with van der Waals surface area (Å²) in [6.45, 7) is 10.6. The standard InChI is InChI=1S/C20H30N2O4/c1-6-8-22(5)9-10-25-13-17(22)20(24)21-19-14(3)11-16(12-15(19)4)26-18(23)7-2/h11-12,17H,6-10,13H2,1-5H3/p+1. The van der Waals surface area contributed by atoms with E-state index in [1.54, 1.807) is 19.1 Å². The quantitative estimate of drug-likeness (QED) is 0.480. The normalized spacial score (nSPS) is 22.7. The number of quaternary nitrogens is 1. The molecule has 0 aromatic heterocycles. The summed E-state index contributed by atoms with van der Waals surface area (Å²) in [4.78, 5) is 24.5. The molecule has 1 N–H and O–H groups in total. The Labute approximate surface area is 156 Å². The van der Waals surface area contributed by atoms with Crippen LogP contribution in [0.15, 0.2) is 12.1 Å². The van der Waals surface area contributed by atoms with Gasteiger partial charge in [0.25, 0.3) is 5.91 Å². The number of amides is 1. The number of aryl methyl sites for hydroxylation is 2. The fourth-order valence-corrected chi connectivity index (χ4v) is 3.53. The molecule has 2 unspecified atom stereocenters. The van der Waals surface area contributed by atoms with Crippen molar-refractivity contribution in [3.05, 3.63) is 23.3 Å². The molecule has 1 aromatic rings. The molecule has 6 nitrogen and oxygen atoms in total. The molecule has 1 aromatic carbocycles. The number of nitrogens with one attached hydrogen (secondary N) is 1. The zero-order valence-corrected chi connectivity index (χ0v) is 16.6. The van der Waals surface area contributed by atoms with Gasteiger partial charge < -0.3 is 19.3 Å². The lowest BCUT2D eigenvalue weighted by Gasteiger charge is -2.43. The number of ether oxygens (including phenoxy) is 2. The van der Waals surface area contributed by atoms with E-state index in [9.17, 15) is 9.59 Å². The fraction of sp³-hybridized carbons (Fsp3) is 0.600. The van der Waals surface area contributed by atoms with Crippen LogP contribution >= 0.6 is 0 Å². The van der Waals surface area contributed by atoms with Gasteiger partial charge in [-0.1, -0.05) is 13.8 Å². The summed E-state index contributed by atoms with van der Waals surface area (Å²) in [5.41, 5.74) is 2.53. The lowest BCUT2D eigenvalue weighted by atomic mass is 10.1. The van der Waals surface area contributed by atoms with Gasteiger partial charge in [0.15, 0.2) is 6.04 Å². The van der Waals surface area contributed by atoms with E-state index in [0.29, 0.717) is 29.9 Å². The average Bonchev–Trinajstić information content (AvgIpc) is 2.58. The van der Waals surface area contributed by atoms with Crippen LogP contribution in [-0.2, 0) is 14.3 Å². The lowest BCUT2D eigenvalue weighted by molar-refractivity contribution is -0.932. The third-order valence-corrected chi connectivity index (χ3v) is 5.09. The molecule has 6 heteroatoms. The smallest absolute Gasteiger partial charge is 0.310 e. The highest BCUT2D eigenvalue weighted by Crippen LogP contribution is 2.28. The molecule has 1 amide bonds. The van der Waals surface area contributed by atoms with Crippen molar-refractivity contribution < 1.29 is 23.5 Å². The average molecular weight is 363 g/mol. The Kier molecular flexibility index (Phi) is 6.78. The number of carbonyl (C=O) groups is 2. The Morgan fingerprint density at radius 1 is 1.27 bits per heavy atom. The Bertz CT molecular complexity index is 647. The third-order valence-electron chi connectivity index (χ3n) is 5.09. The van der Waals surface area contributed by atoms with Gasteiger partial charge in [0.2, 0.25) is 0 Å². The maximum Gasteiger partial charge on any atom is 0.310 e. The van der Waals surface area contributed by atoms with Crippen molar-refractivity contribution in [3.8, 4) is 5.75 Å². The second-order valence-corrected chi connectivity index (χ2v) is 7.27. The van der Waals surface area contributed by atoms with E-state index in [1.165, 1.54) is 0 Å². The zero-order chi connectivity index (χ0) is 19.3. The molecule has 0 spiro atoms. The van der Waals surface area contributed by atoms with Crippen molar-refractivity contribution in [1.29, 1.82) is 0 Å². The van der Waals surface area contributed by atoms with Gasteiger partial charge in [0, 0.05) is 12.1 Å². The topological polar surface area (TPSA) is 64.6 Å². The zero-order valence-electron chi connectivity index (χ0n) is 16.6. The van der Waals surface area contributed by atoms with Crippen LogP contribution in [0.25, 0.3) is 0 Å². The molecular weight excluding hydrogens is 332 g/mol. The Balaban J connectivity index is 2.19. The summed E-state index contributed by atoms with van der Waals surface area (Å²) in [5, 5.41) is 3.08. The van der Waals surface area contributed by atoms with E-state index >= 15 is 0 Å². The van der Waals surface area contributed by atoms with Gasteiger partial charge in [0.05, 0.1) is 20.2 Å². The molecule has 1 aliphatic rings. The van der Waals surface area contributed by atoms with Crippen LogP contribution in [0.3, 0.4) is 0 Å². The number of hydrogen-bond acceptors (Lipinski definition) is 4. The van der Waals surface area contributed by atoms with E-state index in [1.807, 2.05) is 13.8 Å². The monoisotopic (exact) mass is 363 g/mol. The van der Waals surface area contributed by atoms with Crippen molar-refractivity contribution in [2.24, 2.45) is 0 Å². The molecule has 1 fully saturated rings. The van der Waals surface area contributed by atoms with Crippen LogP contribution in [0.5, 0.6) is 5.75 Å². The van der Waals surface area contributed by atoms with Crippen LogP contribution in [-0.4, -0.2) is 55.8 Å². The van der Waals surface area contributed by atoms with Crippen molar-refractivity contribution in [2.45, 2.75) is 46.6 Å². The predicted octanol–water partition coefficient (Wildman–Crippen LogP) is 2.81. The molecule has 1 heterocycles. The molecular formula is C20H31N2O4+. The first-order valence-corrected chi connectivity index (χ1v) is 9.35. The molecule has 26 heavy (non-hydrogen) atoms. The first kappa shape index (κ1) is 20.4. The van der Waals surface area contributed by atoms with Crippen LogP contribution < -0.4 is 10.1 Å². The molecule has 144 valence electrons. The number of nitrogens with zero attached hydrogens (tertiary/aromatic N) is 1. The van der Waals surface area contributed by atoms with Gasteiger partial charge in [-0.25, -0.2) is 0 Å². The number of hydrogen-bond donors (Lipinski definition) is 1. The summed E-state index contributed by atoms with van der Waals surface area (Å²) < 4.78 is 11.6. The summed E-state index contributed by atoms with van der Waals surface area (Å²) >= 11 is 0. The molecule has 0 radical (unpaired) electrons. The van der Waals surface area contributed by atoms with E-state index in [2.05, 4.69) is 19.3 Å². The summed E-state index contributed by atoms with van der Waals surface area (Å²) in [6, 6.07) is 3.35. The van der Waals surface area contributed by atoms with Gasteiger partial charge >= 0.3 is 5.97 Å². The minimum absolute atomic E-state index is 0.0230. The molecule has 1 saturated heterocycles. The largest absolute Gasteiger partial charge is 0.427 e. The number of morpholine rings is 1. The second-order valence-electron chi connectivity index (χ2n) is 7.27. The van der Waals surface area contributed by atoms with Crippen LogP contribution in [0.4, 0.5) is 5.69 Å². The number of benzene rings is 1. The van der Waals surface area contributed by atoms with Gasteiger partial charge in [-0.3, -0.25) is 9.59 Å². The number of carbonyl (C=O) groups excluding carboxylic acids is 2. The highest BCUT2D eigenvalue weighted by Gasteiger charge is 2.41. The Morgan fingerprint density at radius 2 is 1.92 bits per heavy atom. The fourth-order valence-electron chi connectivity index (χ4n) is 3.53. The summed E-state index contributed by atoms with van der Waals surface area (Å²) in [6.07, 6.45) is 1.35. The van der Waals surface area contributed by atoms with E-state index in [-0.39, 0.29) is 17.9 Å². The minimum Gasteiger partial charge on any atom is -0.427 e. The maximum atomic E-state index is 13.0. The molecule has 0 saturated carbocycles. The highest BCUT2D eigenvalue weighted by atomic mass is 16.5. The van der Waals surface area contributed by atoms with Gasteiger partial charge in [0.1, 0.15) is 18.9 Å². The number of likely N-dealkylation sites (N-methyl/N-ethyl adjacent to an activating group) is 1. The van der Waals surface area contributed by atoms with Crippen LogP contribution in [0.1, 0.15) is 37.8 Å². The van der Waals surface area contributed by atoms with E-state index in [0.717, 1.165) is 36.3 Å². The molecule has 2 atom stereocenters. The van der Waals surface area contributed by atoms with Crippen LogP contribution in [0, 0.1) is 13.8 Å². The van der Waals surface area contributed by atoms with Crippen molar-refractivity contribution in [2.75, 3.05) is 38.7 Å². The lowest BCUT2D eigenvalue weighted by Crippen LogP contribution is -2.63. The SMILES string of the molecule is CCC[N+]1(C)CCOCC1C(=O)Nc1c(C)cc(OC(=O)CC)cc1C. The number of rotatable bonds is 6. The molecule has 0 aliphatic carbocycles. The number of anilines is 1. The molecule has 0 bridgehead atoms. The molecule has 2 rings (SSSR count). The number of esters is 1. The maximum absolute atomic E-state index is 13.0. The van der Waals surface area contributed by atoms with Gasteiger partial charge in [-0.2, -0.15) is 0 Å². The first-order chi connectivity index (χ1) is 12.3. The molecule has 1 aliphatic heterocycles.